The highest BCUT2D eigenvalue weighted by Gasteiger charge is 2.46. The van der Waals surface area contributed by atoms with Crippen molar-refractivity contribution in [1.82, 2.24) is 19.5 Å². The van der Waals surface area contributed by atoms with Crippen LogP contribution in [0.4, 0.5) is 0 Å². The Morgan fingerprint density at radius 3 is 1.29 bits per heavy atom. The van der Waals surface area contributed by atoms with Gasteiger partial charge in [0.1, 0.15) is 0 Å². The van der Waals surface area contributed by atoms with Crippen LogP contribution < -0.4 is 0 Å². The van der Waals surface area contributed by atoms with Gasteiger partial charge in [-0.25, -0.2) is 15.0 Å². The van der Waals surface area contributed by atoms with Crippen molar-refractivity contribution in [2.45, 2.75) is 5.41 Å². The summed E-state index contributed by atoms with van der Waals surface area (Å²) in [5.41, 5.74) is 15.6. The van der Waals surface area contributed by atoms with Crippen molar-refractivity contribution in [3.63, 3.8) is 0 Å². The molecule has 0 bridgehead atoms. The first kappa shape index (κ1) is 35.7. The van der Waals surface area contributed by atoms with Gasteiger partial charge in [-0.05, 0) is 87.0 Å². The lowest BCUT2D eigenvalue weighted by Crippen LogP contribution is -2.28. The summed E-state index contributed by atoms with van der Waals surface area (Å²) in [4.78, 5) is 15.3. The molecule has 1 aliphatic rings. The zero-order valence-electron chi connectivity index (χ0n) is 33.7. The molecule has 2 heterocycles. The number of rotatable bonds is 7. The zero-order chi connectivity index (χ0) is 41.0. The monoisotopic (exact) mass is 790 g/mol. The lowest BCUT2D eigenvalue weighted by atomic mass is 9.67. The molecule has 290 valence electrons. The minimum atomic E-state index is -0.532. The molecule has 0 saturated heterocycles. The Kier molecular flexibility index (Phi) is 8.36. The molecule has 9 aromatic carbocycles. The van der Waals surface area contributed by atoms with Crippen LogP contribution in [0.3, 0.4) is 0 Å². The summed E-state index contributed by atoms with van der Waals surface area (Å²) in [6.07, 6.45) is 0. The van der Waals surface area contributed by atoms with Crippen LogP contribution in [0.1, 0.15) is 22.3 Å². The van der Waals surface area contributed by atoms with Crippen molar-refractivity contribution in [1.29, 1.82) is 0 Å². The number of hydrogen-bond donors (Lipinski definition) is 0. The van der Waals surface area contributed by atoms with Gasteiger partial charge in [0, 0.05) is 33.2 Å². The topological polar surface area (TPSA) is 43.6 Å². The van der Waals surface area contributed by atoms with Gasteiger partial charge in [0.2, 0.25) is 0 Å². The maximum Gasteiger partial charge on any atom is 0.164 e. The lowest BCUT2D eigenvalue weighted by molar-refractivity contribution is 0.770. The smallest absolute Gasteiger partial charge is 0.164 e. The summed E-state index contributed by atoms with van der Waals surface area (Å²) >= 11 is 0. The largest absolute Gasteiger partial charge is 0.309 e. The normalized spacial score (nSPS) is 12.6. The van der Waals surface area contributed by atoms with E-state index in [0.717, 1.165) is 44.2 Å². The summed E-state index contributed by atoms with van der Waals surface area (Å²) < 4.78 is 2.40. The van der Waals surface area contributed by atoms with Crippen LogP contribution in [0, 0.1) is 0 Å². The molecule has 0 saturated carbocycles. The first-order chi connectivity index (χ1) is 30.7. The third-order valence-corrected chi connectivity index (χ3v) is 12.5. The van der Waals surface area contributed by atoms with E-state index in [4.69, 9.17) is 15.0 Å². The number of fused-ring (bicyclic) bond motifs is 6. The summed E-state index contributed by atoms with van der Waals surface area (Å²) in [7, 11) is 0. The predicted octanol–water partition coefficient (Wildman–Crippen LogP) is 14.0. The average Bonchev–Trinajstić information content (AvgIpc) is 3.85. The van der Waals surface area contributed by atoms with Gasteiger partial charge in [0.25, 0.3) is 0 Å². The zero-order valence-corrected chi connectivity index (χ0v) is 33.7. The van der Waals surface area contributed by atoms with Crippen molar-refractivity contribution in [3.05, 3.63) is 253 Å². The maximum atomic E-state index is 5.14. The molecule has 1 aliphatic carbocycles. The van der Waals surface area contributed by atoms with Crippen molar-refractivity contribution in [2.24, 2.45) is 0 Å². The second kappa shape index (κ2) is 14.5. The van der Waals surface area contributed by atoms with Gasteiger partial charge in [-0.3, -0.25) is 0 Å². The molecule has 0 spiro atoms. The molecule has 2 aromatic heterocycles. The molecule has 12 rings (SSSR count). The van der Waals surface area contributed by atoms with E-state index < -0.39 is 5.41 Å². The van der Waals surface area contributed by atoms with Gasteiger partial charge in [0.05, 0.1) is 16.4 Å². The van der Waals surface area contributed by atoms with Crippen LogP contribution in [0.15, 0.2) is 231 Å². The number of aromatic nitrogens is 4. The molecule has 0 N–H and O–H groups in total. The van der Waals surface area contributed by atoms with Crippen LogP contribution in [0.25, 0.3) is 83.9 Å². The SMILES string of the molecule is c1ccc(-c2ccc(-n3c4ccc(-c5nc(-c6ccccc6)nc(-c6ccccc6)n5)cc4c4cc(C5(c6ccccc6)c6ccccc6-c6ccccc65)ccc43)cc2)cc1. The van der Waals surface area contributed by atoms with Gasteiger partial charge < -0.3 is 4.57 Å². The Morgan fingerprint density at radius 2 is 0.726 bits per heavy atom. The Labute approximate surface area is 360 Å². The van der Waals surface area contributed by atoms with E-state index in [1.807, 2.05) is 36.4 Å². The van der Waals surface area contributed by atoms with E-state index in [2.05, 4.69) is 199 Å². The first-order valence-electron chi connectivity index (χ1n) is 21.1. The highest BCUT2D eigenvalue weighted by molar-refractivity contribution is 6.11. The van der Waals surface area contributed by atoms with Gasteiger partial charge >= 0.3 is 0 Å². The molecule has 0 radical (unpaired) electrons. The molecule has 11 aromatic rings. The highest BCUT2D eigenvalue weighted by atomic mass is 15.0. The summed E-state index contributed by atoms with van der Waals surface area (Å²) in [6.45, 7) is 0. The summed E-state index contributed by atoms with van der Waals surface area (Å²) in [5, 5.41) is 2.28. The molecular formula is C58H38N4. The fraction of sp³-hybridized carbons (Fsp3) is 0.0172. The standard InChI is InChI=1S/C58H38N4/c1-5-17-39(18-6-1)40-29-33-46(34-30-40)62-53-35-31-43(57-60-55(41-19-7-2-8-20-41)59-56(61-57)42-21-9-3-10-22-42)37-49(53)50-38-45(32-36-54(50)62)58(44-23-11-4-12-24-44)51-27-15-13-25-47(51)48-26-14-16-28-52(48)58/h1-38H. The molecule has 0 amide bonds. The van der Waals surface area contributed by atoms with Gasteiger partial charge in [-0.15, -0.1) is 0 Å². The van der Waals surface area contributed by atoms with E-state index in [1.54, 1.807) is 0 Å². The average molecular weight is 791 g/mol. The van der Waals surface area contributed by atoms with E-state index in [1.165, 1.54) is 44.5 Å². The van der Waals surface area contributed by atoms with Crippen molar-refractivity contribution in [2.75, 3.05) is 0 Å². The van der Waals surface area contributed by atoms with Crippen molar-refractivity contribution in [3.8, 4) is 62.1 Å². The van der Waals surface area contributed by atoms with Crippen LogP contribution in [-0.2, 0) is 5.41 Å². The molecule has 4 nitrogen and oxygen atoms in total. The van der Waals surface area contributed by atoms with Gasteiger partial charge in [-0.2, -0.15) is 0 Å². The first-order valence-corrected chi connectivity index (χ1v) is 21.1. The quantitative estimate of drug-likeness (QED) is 0.161. The fourth-order valence-electron chi connectivity index (χ4n) is 9.76. The van der Waals surface area contributed by atoms with Crippen molar-refractivity contribution >= 4 is 21.8 Å². The van der Waals surface area contributed by atoms with Crippen LogP contribution in [0.5, 0.6) is 0 Å². The Bertz CT molecular complexity index is 3330. The summed E-state index contributed by atoms with van der Waals surface area (Å²) in [5.74, 6) is 1.91. The van der Waals surface area contributed by atoms with Crippen molar-refractivity contribution < 1.29 is 0 Å². The highest BCUT2D eigenvalue weighted by Crippen LogP contribution is 2.56. The third-order valence-electron chi connectivity index (χ3n) is 12.5. The predicted molar refractivity (Wildman–Crippen MR) is 253 cm³/mol. The summed E-state index contributed by atoms with van der Waals surface area (Å²) in [6, 6.07) is 82.5. The molecule has 4 heteroatoms. The fourth-order valence-corrected chi connectivity index (χ4v) is 9.76. The van der Waals surface area contributed by atoms with Crippen LogP contribution >= 0.6 is 0 Å². The van der Waals surface area contributed by atoms with E-state index in [-0.39, 0.29) is 0 Å². The molecular weight excluding hydrogens is 753 g/mol. The lowest BCUT2D eigenvalue weighted by Gasteiger charge is -2.34. The van der Waals surface area contributed by atoms with E-state index in [0.29, 0.717) is 17.5 Å². The molecule has 0 fully saturated rings. The van der Waals surface area contributed by atoms with Gasteiger partial charge in [-0.1, -0.05) is 188 Å². The van der Waals surface area contributed by atoms with Gasteiger partial charge in [0.15, 0.2) is 17.5 Å². The second-order valence-electron chi connectivity index (χ2n) is 16.0. The maximum absolute atomic E-state index is 5.14. The number of nitrogens with zero attached hydrogens (tertiary/aromatic N) is 4. The third kappa shape index (κ3) is 5.65. The molecule has 0 aliphatic heterocycles. The van der Waals surface area contributed by atoms with Crippen LogP contribution in [-0.4, -0.2) is 19.5 Å². The Hall–Kier alpha value is -8.21. The molecule has 0 unspecified atom stereocenters. The Balaban J connectivity index is 1.12. The van der Waals surface area contributed by atoms with Crippen LogP contribution in [0.2, 0.25) is 0 Å². The second-order valence-corrected chi connectivity index (χ2v) is 16.0. The minimum absolute atomic E-state index is 0.532. The Morgan fingerprint density at radius 1 is 0.306 bits per heavy atom. The van der Waals surface area contributed by atoms with E-state index in [9.17, 15) is 0 Å². The van der Waals surface area contributed by atoms with E-state index >= 15 is 0 Å². The molecule has 62 heavy (non-hydrogen) atoms. The minimum Gasteiger partial charge on any atom is -0.309 e. The molecule has 0 atom stereocenters. The number of benzene rings is 9. The number of hydrogen-bond acceptors (Lipinski definition) is 3.